The summed E-state index contributed by atoms with van der Waals surface area (Å²) in [4.78, 5) is 0. The molecule has 0 aromatic heterocycles. The Morgan fingerprint density at radius 1 is 0.545 bits per heavy atom. The zero-order valence-electron chi connectivity index (χ0n) is 7.57. The van der Waals surface area contributed by atoms with Gasteiger partial charge in [-0.3, -0.25) is 0 Å². The average molecular weight is 154 g/mol. The predicted octanol–water partition coefficient (Wildman–Crippen LogP) is 4.15. The van der Waals surface area contributed by atoms with Crippen LogP contribution in [0.4, 0.5) is 0 Å². The molecule has 2 rings (SSSR count). The van der Waals surface area contributed by atoms with Gasteiger partial charge in [-0.1, -0.05) is 38.5 Å². The van der Waals surface area contributed by atoms with Crippen LogP contribution in [-0.4, -0.2) is 0 Å². The summed E-state index contributed by atoms with van der Waals surface area (Å²) in [7, 11) is 0. The van der Waals surface area contributed by atoms with Gasteiger partial charge in [0.15, 0.2) is 0 Å². The molecule has 0 atom stereocenters. The minimum absolute atomic E-state index is 0. The van der Waals surface area contributed by atoms with E-state index in [2.05, 4.69) is 0 Å². The number of rotatable bonds is 0. The second kappa shape index (κ2) is 3.16. The molecule has 2 aliphatic carbocycles. The Balaban J connectivity index is 0.000000720. The minimum atomic E-state index is 0. The van der Waals surface area contributed by atoms with Gasteiger partial charge >= 0.3 is 0 Å². The minimum Gasteiger partial charge on any atom is -0.0533 e. The summed E-state index contributed by atoms with van der Waals surface area (Å²) in [5, 5.41) is 0. The maximum Gasteiger partial charge on any atom is 0 e. The van der Waals surface area contributed by atoms with E-state index >= 15 is 0 Å². The quantitative estimate of drug-likeness (QED) is 0.492. The molecule has 0 heterocycles. The molecule has 66 valence electrons. The highest BCUT2D eigenvalue weighted by atomic mass is 14.4. The molecular formula is C11H22. The third kappa shape index (κ3) is 1.60. The van der Waals surface area contributed by atoms with Gasteiger partial charge in [0.2, 0.25) is 0 Å². The second-order valence-electron chi connectivity index (χ2n) is 4.62. The Labute approximate surface area is 71.9 Å². The lowest BCUT2D eigenvalue weighted by Gasteiger charge is -2.40. The van der Waals surface area contributed by atoms with E-state index in [1.54, 1.807) is 25.7 Å². The van der Waals surface area contributed by atoms with Crippen molar-refractivity contribution in [2.24, 2.45) is 5.41 Å². The fourth-order valence-corrected chi connectivity index (χ4v) is 3.10. The number of hydrogen-bond donors (Lipinski definition) is 0. The topological polar surface area (TPSA) is 0 Å². The van der Waals surface area contributed by atoms with Crippen LogP contribution in [0.15, 0.2) is 0 Å². The summed E-state index contributed by atoms with van der Waals surface area (Å²) in [6.45, 7) is 0. The van der Waals surface area contributed by atoms with Gasteiger partial charge in [0, 0.05) is 1.43 Å². The maximum atomic E-state index is 1.56. The molecule has 0 N–H and O–H groups in total. The first-order valence-electron chi connectivity index (χ1n) is 5.41. The summed E-state index contributed by atoms with van der Waals surface area (Å²) in [6, 6.07) is 0. The third-order valence-corrected chi connectivity index (χ3v) is 3.83. The van der Waals surface area contributed by atoms with Gasteiger partial charge in [-0.2, -0.15) is 0 Å². The largest absolute Gasteiger partial charge is 0.0533 e. The Hall–Kier alpha value is 0. The zero-order chi connectivity index (χ0) is 7.57. The van der Waals surface area contributed by atoms with Crippen LogP contribution in [0.1, 0.15) is 65.6 Å². The highest BCUT2D eigenvalue weighted by molar-refractivity contribution is 4.85. The Bertz CT molecular complexity index is 99.5. The summed E-state index contributed by atoms with van der Waals surface area (Å²) in [6.07, 6.45) is 15.4. The van der Waals surface area contributed by atoms with E-state index in [1.807, 2.05) is 0 Å². The van der Waals surface area contributed by atoms with E-state index in [9.17, 15) is 0 Å². The third-order valence-electron chi connectivity index (χ3n) is 3.83. The van der Waals surface area contributed by atoms with E-state index in [1.165, 1.54) is 38.5 Å². The molecule has 0 aromatic carbocycles. The summed E-state index contributed by atoms with van der Waals surface area (Å²) in [5.74, 6) is 0. The van der Waals surface area contributed by atoms with Crippen molar-refractivity contribution in [2.45, 2.75) is 64.2 Å². The van der Waals surface area contributed by atoms with Crippen molar-refractivity contribution in [1.29, 1.82) is 0 Å². The Kier molecular flexibility index (Phi) is 2.20. The Morgan fingerprint density at radius 2 is 0.909 bits per heavy atom. The normalized spacial score (nSPS) is 30.5. The number of hydrogen-bond acceptors (Lipinski definition) is 0. The van der Waals surface area contributed by atoms with Crippen molar-refractivity contribution in [3.8, 4) is 0 Å². The molecule has 0 heteroatoms. The smallest absolute Gasteiger partial charge is 0 e. The van der Waals surface area contributed by atoms with Gasteiger partial charge in [-0.15, -0.1) is 0 Å². The van der Waals surface area contributed by atoms with E-state index < -0.39 is 0 Å². The lowest BCUT2D eigenvalue weighted by Crippen LogP contribution is -2.26. The van der Waals surface area contributed by atoms with E-state index in [4.69, 9.17) is 0 Å². The van der Waals surface area contributed by atoms with Crippen molar-refractivity contribution in [3.63, 3.8) is 0 Å². The molecule has 11 heavy (non-hydrogen) atoms. The van der Waals surface area contributed by atoms with E-state index in [0.29, 0.717) is 0 Å². The van der Waals surface area contributed by atoms with E-state index in [0.717, 1.165) is 5.41 Å². The highest BCUT2D eigenvalue weighted by Crippen LogP contribution is 2.47. The summed E-state index contributed by atoms with van der Waals surface area (Å²) < 4.78 is 0. The molecule has 0 radical (unpaired) electrons. The molecule has 0 unspecified atom stereocenters. The van der Waals surface area contributed by atoms with Gasteiger partial charge in [0.25, 0.3) is 0 Å². The standard InChI is InChI=1S/C11H20.H2/c1-3-7-11(8-4-1)9-5-2-6-10-11;/h1-10H2;1H. The van der Waals surface area contributed by atoms with Crippen LogP contribution in [-0.2, 0) is 0 Å². The first-order chi connectivity index (χ1) is 5.41. The fourth-order valence-electron chi connectivity index (χ4n) is 3.10. The molecule has 0 aliphatic heterocycles. The zero-order valence-corrected chi connectivity index (χ0v) is 7.57. The van der Waals surface area contributed by atoms with Gasteiger partial charge in [0.1, 0.15) is 0 Å². The lowest BCUT2D eigenvalue weighted by atomic mass is 9.65. The van der Waals surface area contributed by atoms with E-state index in [-0.39, 0.29) is 1.43 Å². The first kappa shape index (κ1) is 7.64. The van der Waals surface area contributed by atoms with Crippen LogP contribution in [0.3, 0.4) is 0 Å². The highest BCUT2D eigenvalue weighted by Gasteiger charge is 2.32. The summed E-state index contributed by atoms with van der Waals surface area (Å²) >= 11 is 0. The molecule has 0 aromatic rings. The molecular weight excluding hydrogens is 132 g/mol. The van der Waals surface area contributed by atoms with Crippen LogP contribution >= 0.6 is 0 Å². The molecule has 2 aliphatic rings. The summed E-state index contributed by atoms with van der Waals surface area (Å²) in [5.41, 5.74) is 0.858. The van der Waals surface area contributed by atoms with Gasteiger partial charge in [-0.25, -0.2) is 0 Å². The molecule has 0 bridgehead atoms. The fraction of sp³-hybridized carbons (Fsp3) is 1.00. The van der Waals surface area contributed by atoms with Crippen molar-refractivity contribution in [3.05, 3.63) is 0 Å². The van der Waals surface area contributed by atoms with Crippen molar-refractivity contribution < 1.29 is 1.43 Å². The molecule has 0 saturated heterocycles. The predicted molar refractivity (Wildman–Crippen MR) is 50.7 cm³/mol. The van der Waals surface area contributed by atoms with Crippen LogP contribution in [0.2, 0.25) is 0 Å². The van der Waals surface area contributed by atoms with Crippen molar-refractivity contribution >= 4 is 0 Å². The van der Waals surface area contributed by atoms with Crippen LogP contribution in [0, 0.1) is 5.41 Å². The monoisotopic (exact) mass is 154 g/mol. The van der Waals surface area contributed by atoms with Crippen molar-refractivity contribution in [2.75, 3.05) is 0 Å². The molecule has 1 spiro atoms. The SMILES string of the molecule is C1CCC2(CC1)CCCCC2.[HH]. The molecule has 2 saturated carbocycles. The van der Waals surface area contributed by atoms with Gasteiger partial charge in [0.05, 0.1) is 0 Å². The van der Waals surface area contributed by atoms with Gasteiger partial charge < -0.3 is 0 Å². The van der Waals surface area contributed by atoms with Gasteiger partial charge in [-0.05, 0) is 31.1 Å². The molecule has 0 nitrogen and oxygen atoms in total. The Morgan fingerprint density at radius 3 is 1.27 bits per heavy atom. The second-order valence-corrected chi connectivity index (χ2v) is 4.62. The molecule has 0 amide bonds. The first-order valence-corrected chi connectivity index (χ1v) is 5.41. The van der Waals surface area contributed by atoms with Crippen molar-refractivity contribution in [1.82, 2.24) is 0 Å². The van der Waals surface area contributed by atoms with Crippen LogP contribution in [0.5, 0.6) is 0 Å². The van der Waals surface area contributed by atoms with Crippen LogP contribution < -0.4 is 0 Å². The average Bonchev–Trinajstić information content (AvgIpc) is 2.07. The van der Waals surface area contributed by atoms with Crippen LogP contribution in [0.25, 0.3) is 0 Å². The maximum absolute atomic E-state index is 1.56. The lowest BCUT2D eigenvalue weighted by molar-refractivity contribution is 0.124. The molecule has 2 fully saturated rings.